The fourth-order valence-corrected chi connectivity index (χ4v) is 1.41. The van der Waals surface area contributed by atoms with Crippen LogP contribution in [0.4, 0.5) is 4.39 Å². The molecule has 1 aromatic rings. The number of hydrogen-bond acceptors (Lipinski definition) is 2. The summed E-state index contributed by atoms with van der Waals surface area (Å²) in [6.07, 6.45) is 3.37. The van der Waals surface area contributed by atoms with Gasteiger partial charge in [0, 0.05) is 6.20 Å². The molecule has 0 aliphatic heterocycles. The molecule has 1 aromatic heterocycles. The van der Waals surface area contributed by atoms with Crippen molar-refractivity contribution in [3.05, 3.63) is 29.8 Å². The van der Waals surface area contributed by atoms with Crippen molar-refractivity contribution in [2.75, 3.05) is 0 Å². The second kappa shape index (κ2) is 5.81. The van der Waals surface area contributed by atoms with Gasteiger partial charge in [0.1, 0.15) is 5.82 Å². The predicted molar refractivity (Wildman–Crippen MR) is 58.0 cm³/mol. The SMILES string of the molecule is CC(C)C(O)CCCc1ncccc1F. The van der Waals surface area contributed by atoms with Gasteiger partial charge in [-0.05, 0) is 37.3 Å². The number of halogens is 1. The van der Waals surface area contributed by atoms with Crippen molar-refractivity contribution in [1.29, 1.82) is 0 Å². The van der Waals surface area contributed by atoms with Crippen LogP contribution < -0.4 is 0 Å². The van der Waals surface area contributed by atoms with E-state index >= 15 is 0 Å². The quantitative estimate of drug-likeness (QED) is 0.812. The van der Waals surface area contributed by atoms with E-state index in [2.05, 4.69) is 4.98 Å². The van der Waals surface area contributed by atoms with Crippen LogP contribution >= 0.6 is 0 Å². The van der Waals surface area contributed by atoms with Crippen LogP contribution in [0.1, 0.15) is 32.4 Å². The van der Waals surface area contributed by atoms with Crippen LogP contribution in [0, 0.1) is 11.7 Å². The average molecular weight is 211 g/mol. The summed E-state index contributed by atoms with van der Waals surface area (Å²) >= 11 is 0. The molecule has 1 atom stereocenters. The monoisotopic (exact) mass is 211 g/mol. The van der Waals surface area contributed by atoms with Gasteiger partial charge in [-0.2, -0.15) is 0 Å². The maximum atomic E-state index is 13.1. The number of pyridine rings is 1. The molecule has 0 saturated carbocycles. The molecule has 84 valence electrons. The first-order chi connectivity index (χ1) is 7.11. The second-order valence-corrected chi connectivity index (χ2v) is 4.14. The van der Waals surface area contributed by atoms with E-state index < -0.39 is 0 Å². The molecule has 0 fully saturated rings. The average Bonchev–Trinajstić information content (AvgIpc) is 2.20. The Bertz CT molecular complexity index is 301. The zero-order valence-electron chi connectivity index (χ0n) is 9.28. The Labute approximate surface area is 90.2 Å². The van der Waals surface area contributed by atoms with E-state index in [9.17, 15) is 9.50 Å². The van der Waals surface area contributed by atoms with Gasteiger partial charge in [0.05, 0.1) is 11.8 Å². The van der Waals surface area contributed by atoms with E-state index in [4.69, 9.17) is 0 Å². The van der Waals surface area contributed by atoms with E-state index in [0.29, 0.717) is 18.5 Å². The molecule has 3 heteroatoms. The normalized spacial score (nSPS) is 13.1. The molecule has 0 aliphatic rings. The van der Waals surface area contributed by atoms with Crippen LogP contribution in [-0.2, 0) is 6.42 Å². The van der Waals surface area contributed by atoms with Gasteiger partial charge in [-0.3, -0.25) is 4.98 Å². The van der Waals surface area contributed by atoms with Gasteiger partial charge in [-0.15, -0.1) is 0 Å². The minimum atomic E-state index is -0.295. The molecule has 15 heavy (non-hydrogen) atoms. The molecule has 2 nitrogen and oxygen atoms in total. The van der Waals surface area contributed by atoms with Gasteiger partial charge in [-0.1, -0.05) is 13.8 Å². The number of aromatic nitrogens is 1. The Morgan fingerprint density at radius 3 is 2.80 bits per heavy atom. The van der Waals surface area contributed by atoms with Crippen LogP contribution in [0.5, 0.6) is 0 Å². The van der Waals surface area contributed by atoms with Gasteiger partial charge < -0.3 is 5.11 Å². The van der Waals surface area contributed by atoms with E-state index in [1.165, 1.54) is 6.07 Å². The number of hydrogen-bond donors (Lipinski definition) is 1. The first-order valence-electron chi connectivity index (χ1n) is 5.38. The van der Waals surface area contributed by atoms with Gasteiger partial charge in [-0.25, -0.2) is 4.39 Å². The van der Waals surface area contributed by atoms with Crippen molar-refractivity contribution in [3.63, 3.8) is 0 Å². The first kappa shape index (κ1) is 12.1. The maximum Gasteiger partial charge on any atom is 0.144 e. The molecular formula is C12H18FNO. The molecule has 1 unspecified atom stereocenters. The fraction of sp³-hybridized carbons (Fsp3) is 0.583. The van der Waals surface area contributed by atoms with Crippen LogP contribution in [-0.4, -0.2) is 16.2 Å². The lowest BCUT2D eigenvalue weighted by Crippen LogP contribution is -2.14. The predicted octanol–water partition coefficient (Wildman–Crippen LogP) is 2.56. The summed E-state index contributed by atoms with van der Waals surface area (Å²) in [5.74, 6) is 0.00937. The molecule has 0 amide bonds. The zero-order chi connectivity index (χ0) is 11.3. The lowest BCUT2D eigenvalue weighted by Gasteiger charge is -2.13. The molecule has 1 heterocycles. The number of aryl methyl sites for hydroxylation is 1. The number of aliphatic hydroxyl groups excluding tert-OH is 1. The van der Waals surface area contributed by atoms with Crippen LogP contribution in [0.3, 0.4) is 0 Å². The van der Waals surface area contributed by atoms with Crippen molar-refractivity contribution in [1.82, 2.24) is 4.98 Å². The molecular weight excluding hydrogens is 193 g/mol. The topological polar surface area (TPSA) is 33.1 Å². The van der Waals surface area contributed by atoms with Crippen molar-refractivity contribution < 1.29 is 9.50 Å². The van der Waals surface area contributed by atoms with E-state index in [-0.39, 0.29) is 17.8 Å². The summed E-state index contributed by atoms with van der Waals surface area (Å²) in [7, 11) is 0. The molecule has 0 saturated heterocycles. The Morgan fingerprint density at radius 2 is 2.20 bits per heavy atom. The second-order valence-electron chi connectivity index (χ2n) is 4.14. The first-order valence-corrected chi connectivity index (χ1v) is 5.38. The molecule has 0 aliphatic carbocycles. The number of aliphatic hydroxyl groups is 1. The van der Waals surface area contributed by atoms with Gasteiger partial charge in [0.25, 0.3) is 0 Å². The maximum absolute atomic E-state index is 13.1. The minimum Gasteiger partial charge on any atom is -0.393 e. The summed E-state index contributed by atoms with van der Waals surface area (Å²) < 4.78 is 13.1. The van der Waals surface area contributed by atoms with Crippen LogP contribution in [0.15, 0.2) is 18.3 Å². The molecule has 0 radical (unpaired) electrons. The minimum absolute atomic E-state index is 0.253. The third kappa shape index (κ3) is 3.96. The van der Waals surface area contributed by atoms with Gasteiger partial charge in [0.15, 0.2) is 0 Å². The lowest BCUT2D eigenvalue weighted by molar-refractivity contribution is 0.114. The lowest BCUT2D eigenvalue weighted by atomic mass is 10.0. The number of nitrogens with zero attached hydrogens (tertiary/aromatic N) is 1. The summed E-state index contributed by atoms with van der Waals surface area (Å²) in [6, 6.07) is 3.00. The van der Waals surface area contributed by atoms with Crippen molar-refractivity contribution >= 4 is 0 Å². The summed E-state index contributed by atoms with van der Waals surface area (Å²) in [5.41, 5.74) is 0.494. The highest BCUT2D eigenvalue weighted by molar-refractivity contribution is 5.06. The molecule has 1 N–H and O–H groups in total. The third-order valence-corrected chi connectivity index (χ3v) is 2.52. The van der Waals surface area contributed by atoms with Crippen molar-refractivity contribution in [2.45, 2.75) is 39.2 Å². The summed E-state index contributed by atoms with van der Waals surface area (Å²) in [5, 5.41) is 9.56. The Hall–Kier alpha value is -0.960. The highest BCUT2D eigenvalue weighted by Crippen LogP contribution is 2.12. The zero-order valence-corrected chi connectivity index (χ0v) is 9.28. The highest BCUT2D eigenvalue weighted by atomic mass is 19.1. The van der Waals surface area contributed by atoms with Gasteiger partial charge in [0.2, 0.25) is 0 Å². The van der Waals surface area contributed by atoms with Crippen LogP contribution in [0.2, 0.25) is 0 Å². The molecule has 0 spiro atoms. The van der Waals surface area contributed by atoms with E-state index in [0.717, 1.165) is 6.42 Å². The highest BCUT2D eigenvalue weighted by Gasteiger charge is 2.09. The third-order valence-electron chi connectivity index (χ3n) is 2.52. The molecule has 1 rings (SSSR count). The standard InChI is InChI=1S/C12H18FNO/c1-9(2)12(15)7-3-6-11-10(13)5-4-8-14-11/h4-5,8-9,12,15H,3,6-7H2,1-2H3. The van der Waals surface area contributed by atoms with E-state index in [1.54, 1.807) is 12.3 Å². The fourth-order valence-electron chi connectivity index (χ4n) is 1.41. The van der Waals surface area contributed by atoms with Gasteiger partial charge >= 0.3 is 0 Å². The van der Waals surface area contributed by atoms with Crippen LogP contribution in [0.25, 0.3) is 0 Å². The Kier molecular flexibility index (Phi) is 4.69. The Balaban J connectivity index is 2.35. The van der Waals surface area contributed by atoms with E-state index in [1.807, 2.05) is 13.8 Å². The molecule has 0 aromatic carbocycles. The van der Waals surface area contributed by atoms with Crippen molar-refractivity contribution in [3.8, 4) is 0 Å². The summed E-state index contributed by atoms with van der Waals surface area (Å²) in [4.78, 5) is 3.96. The summed E-state index contributed by atoms with van der Waals surface area (Å²) in [6.45, 7) is 3.96. The largest absolute Gasteiger partial charge is 0.393 e. The smallest absolute Gasteiger partial charge is 0.144 e. The van der Waals surface area contributed by atoms with Crippen molar-refractivity contribution in [2.24, 2.45) is 5.92 Å². The number of rotatable bonds is 5. The Morgan fingerprint density at radius 1 is 1.47 bits per heavy atom. The molecule has 0 bridgehead atoms.